The summed E-state index contributed by atoms with van der Waals surface area (Å²) in [5.41, 5.74) is 4.78. The van der Waals surface area contributed by atoms with Crippen LogP contribution in [0.25, 0.3) is 5.57 Å². The number of allylic oxidation sites excluding steroid dienone is 3. The number of hydrogen-bond donors (Lipinski definition) is 1. The molecular formula is C25H39NO3. The van der Waals surface area contributed by atoms with Crippen LogP contribution in [0.1, 0.15) is 64.5 Å². The van der Waals surface area contributed by atoms with Gasteiger partial charge in [-0.2, -0.15) is 0 Å². The number of aliphatic hydroxyl groups excluding tert-OH is 1. The van der Waals surface area contributed by atoms with Crippen LogP contribution in [-0.2, 0) is 4.74 Å². The van der Waals surface area contributed by atoms with E-state index in [1.807, 2.05) is 6.92 Å². The molecule has 0 saturated carbocycles. The van der Waals surface area contributed by atoms with Crippen LogP contribution < -0.4 is 4.74 Å². The maximum absolute atomic E-state index is 9.62. The number of aliphatic hydroxyl groups is 1. The highest BCUT2D eigenvalue weighted by Gasteiger charge is 2.19. The Bertz CT molecular complexity index is 708. The van der Waals surface area contributed by atoms with E-state index in [9.17, 15) is 5.11 Å². The van der Waals surface area contributed by atoms with Crippen LogP contribution in [0.4, 0.5) is 0 Å². The summed E-state index contributed by atoms with van der Waals surface area (Å²) >= 11 is 0. The van der Waals surface area contributed by atoms with Crippen molar-refractivity contribution in [3.63, 3.8) is 0 Å². The Morgan fingerprint density at radius 3 is 2.69 bits per heavy atom. The molecule has 1 atom stereocenters. The standard InChI is InChI=1S/C25H39NO3/c1-6-8-16-28-24(7-2)20(4)19(3)23-11-9-12-25(21(23)5)29-17-10-14-26-15-13-22(27)18-26/h7,9,11-12,22,27H,6,8,10,13-18H2,1-5H3/b20-19+,24-7+/t22-/m1/s1. The molecule has 2 rings (SSSR count). The van der Waals surface area contributed by atoms with E-state index in [0.717, 1.165) is 63.4 Å². The van der Waals surface area contributed by atoms with Gasteiger partial charge in [-0.25, -0.2) is 0 Å². The molecule has 1 heterocycles. The fourth-order valence-electron chi connectivity index (χ4n) is 3.78. The molecule has 0 bridgehead atoms. The lowest BCUT2D eigenvalue weighted by molar-refractivity contribution is 0.173. The average molecular weight is 402 g/mol. The molecule has 29 heavy (non-hydrogen) atoms. The SMILES string of the molecule is C/C=C(OCCCC)\C(C)=C(/C)c1cccc(OCCCN2CC[C@@H](O)C2)c1C. The van der Waals surface area contributed by atoms with Gasteiger partial charge >= 0.3 is 0 Å². The van der Waals surface area contributed by atoms with Gasteiger partial charge in [-0.3, -0.25) is 0 Å². The monoisotopic (exact) mass is 401 g/mol. The molecule has 1 saturated heterocycles. The lowest BCUT2D eigenvalue weighted by Crippen LogP contribution is -2.24. The number of hydrogen-bond acceptors (Lipinski definition) is 4. The van der Waals surface area contributed by atoms with Gasteiger partial charge in [0.25, 0.3) is 0 Å². The molecule has 0 amide bonds. The summed E-state index contributed by atoms with van der Waals surface area (Å²) in [6.07, 6.45) is 5.97. The molecule has 162 valence electrons. The Hall–Kier alpha value is -1.78. The van der Waals surface area contributed by atoms with Gasteiger partial charge in [0.15, 0.2) is 0 Å². The fraction of sp³-hybridized carbons (Fsp3) is 0.600. The molecule has 4 heteroatoms. The van der Waals surface area contributed by atoms with Crippen LogP contribution in [0.2, 0.25) is 0 Å². The lowest BCUT2D eigenvalue weighted by atomic mass is 9.96. The van der Waals surface area contributed by atoms with Crippen molar-refractivity contribution in [1.82, 2.24) is 4.90 Å². The molecule has 1 aliphatic rings. The van der Waals surface area contributed by atoms with Gasteiger partial charge in [-0.05, 0) is 81.4 Å². The van der Waals surface area contributed by atoms with E-state index in [1.54, 1.807) is 0 Å². The van der Waals surface area contributed by atoms with Crippen LogP contribution in [-0.4, -0.2) is 49.0 Å². The summed E-state index contributed by atoms with van der Waals surface area (Å²) in [6.45, 7) is 14.9. The molecule has 4 nitrogen and oxygen atoms in total. The van der Waals surface area contributed by atoms with Crippen molar-refractivity contribution in [2.45, 2.75) is 66.4 Å². The molecular weight excluding hydrogens is 362 g/mol. The van der Waals surface area contributed by atoms with Crippen LogP contribution in [0.5, 0.6) is 5.75 Å². The van der Waals surface area contributed by atoms with Gasteiger partial charge in [0, 0.05) is 19.6 Å². The van der Waals surface area contributed by atoms with E-state index in [1.165, 1.54) is 22.3 Å². The largest absolute Gasteiger partial charge is 0.494 e. The first kappa shape index (κ1) is 23.5. The summed E-state index contributed by atoms with van der Waals surface area (Å²) in [6, 6.07) is 6.28. The van der Waals surface area contributed by atoms with E-state index >= 15 is 0 Å². The molecule has 1 aliphatic heterocycles. The molecule has 1 fully saturated rings. The number of β-amino-alcohol motifs (C(OH)–C–C–N with tert-alkyl or cyclic N) is 1. The van der Waals surface area contributed by atoms with Gasteiger partial charge in [-0.1, -0.05) is 25.5 Å². The Balaban J connectivity index is 2.00. The van der Waals surface area contributed by atoms with Crippen LogP contribution in [0.15, 0.2) is 35.6 Å². The molecule has 0 spiro atoms. The predicted molar refractivity (Wildman–Crippen MR) is 121 cm³/mol. The zero-order valence-corrected chi connectivity index (χ0v) is 19.0. The quantitative estimate of drug-likeness (QED) is 0.308. The second-order valence-electron chi connectivity index (χ2n) is 7.98. The second-order valence-corrected chi connectivity index (χ2v) is 7.98. The number of unbranched alkanes of at least 4 members (excludes halogenated alkanes) is 1. The second kappa shape index (κ2) is 12.0. The van der Waals surface area contributed by atoms with Crippen molar-refractivity contribution in [2.24, 2.45) is 0 Å². The Labute approximate surface area is 177 Å². The normalized spacial score (nSPS) is 18.7. The minimum atomic E-state index is -0.152. The third-order valence-electron chi connectivity index (χ3n) is 5.76. The zero-order chi connectivity index (χ0) is 21.2. The van der Waals surface area contributed by atoms with Gasteiger partial charge < -0.3 is 19.5 Å². The fourth-order valence-corrected chi connectivity index (χ4v) is 3.78. The van der Waals surface area contributed by atoms with E-state index in [0.29, 0.717) is 6.61 Å². The van der Waals surface area contributed by atoms with Crippen LogP contribution >= 0.6 is 0 Å². The maximum atomic E-state index is 9.62. The Morgan fingerprint density at radius 1 is 1.24 bits per heavy atom. The van der Waals surface area contributed by atoms with Crippen molar-refractivity contribution in [1.29, 1.82) is 0 Å². The minimum absolute atomic E-state index is 0.152. The molecule has 1 N–H and O–H groups in total. The Morgan fingerprint density at radius 2 is 2.03 bits per heavy atom. The first-order valence-corrected chi connectivity index (χ1v) is 11.1. The third-order valence-corrected chi connectivity index (χ3v) is 5.76. The average Bonchev–Trinajstić information content (AvgIpc) is 3.14. The van der Waals surface area contributed by atoms with Crippen molar-refractivity contribution in [2.75, 3.05) is 32.8 Å². The molecule has 0 unspecified atom stereocenters. The van der Waals surface area contributed by atoms with E-state index in [-0.39, 0.29) is 6.10 Å². The predicted octanol–water partition coefficient (Wildman–Crippen LogP) is 5.34. The first-order valence-electron chi connectivity index (χ1n) is 11.1. The number of benzene rings is 1. The third kappa shape index (κ3) is 6.90. The Kier molecular flexibility index (Phi) is 9.75. The van der Waals surface area contributed by atoms with Crippen molar-refractivity contribution in [3.8, 4) is 5.75 Å². The molecule has 0 aliphatic carbocycles. The van der Waals surface area contributed by atoms with E-state index in [2.05, 4.69) is 56.9 Å². The molecule has 0 radical (unpaired) electrons. The van der Waals surface area contributed by atoms with Gasteiger partial charge in [0.05, 0.1) is 19.3 Å². The molecule has 1 aromatic carbocycles. The van der Waals surface area contributed by atoms with E-state index in [4.69, 9.17) is 9.47 Å². The summed E-state index contributed by atoms with van der Waals surface area (Å²) < 4.78 is 12.1. The lowest BCUT2D eigenvalue weighted by Gasteiger charge is -2.18. The first-order chi connectivity index (χ1) is 14.0. The summed E-state index contributed by atoms with van der Waals surface area (Å²) in [5, 5.41) is 9.62. The summed E-state index contributed by atoms with van der Waals surface area (Å²) in [5.74, 6) is 1.92. The number of rotatable bonds is 11. The van der Waals surface area contributed by atoms with E-state index < -0.39 is 0 Å². The van der Waals surface area contributed by atoms with Crippen LogP contribution in [0.3, 0.4) is 0 Å². The highest BCUT2D eigenvalue weighted by atomic mass is 16.5. The highest BCUT2D eigenvalue weighted by molar-refractivity contribution is 5.73. The highest BCUT2D eigenvalue weighted by Crippen LogP contribution is 2.31. The summed E-state index contributed by atoms with van der Waals surface area (Å²) in [7, 11) is 0. The van der Waals surface area contributed by atoms with Crippen molar-refractivity contribution < 1.29 is 14.6 Å². The van der Waals surface area contributed by atoms with Gasteiger partial charge in [-0.15, -0.1) is 0 Å². The van der Waals surface area contributed by atoms with Crippen molar-refractivity contribution >= 4 is 5.57 Å². The summed E-state index contributed by atoms with van der Waals surface area (Å²) in [4.78, 5) is 2.31. The smallest absolute Gasteiger partial charge is 0.122 e. The number of likely N-dealkylation sites (tertiary alicyclic amines) is 1. The number of nitrogens with zero attached hydrogens (tertiary/aromatic N) is 1. The number of ether oxygens (including phenoxy) is 2. The van der Waals surface area contributed by atoms with Crippen molar-refractivity contribution in [3.05, 3.63) is 46.7 Å². The maximum Gasteiger partial charge on any atom is 0.122 e. The van der Waals surface area contributed by atoms with Gasteiger partial charge in [0.2, 0.25) is 0 Å². The minimum Gasteiger partial charge on any atom is -0.494 e. The van der Waals surface area contributed by atoms with Crippen LogP contribution in [0, 0.1) is 6.92 Å². The molecule has 0 aromatic heterocycles. The molecule has 1 aromatic rings. The van der Waals surface area contributed by atoms with Gasteiger partial charge in [0.1, 0.15) is 11.5 Å². The topological polar surface area (TPSA) is 41.9 Å². The zero-order valence-electron chi connectivity index (χ0n) is 19.0.